The average molecular weight is 452 g/mol. The van der Waals surface area contributed by atoms with Crippen LogP contribution in [0.4, 0.5) is 13.2 Å². The highest BCUT2D eigenvalue weighted by atomic mass is 35.5. The molecule has 4 aromatic rings. The minimum Gasteiger partial charge on any atom is -0.305 e. The van der Waals surface area contributed by atoms with Crippen LogP contribution in [0.5, 0.6) is 0 Å². The molecule has 0 unspecified atom stereocenters. The summed E-state index contributed by atoms with van der Waals surface area (Å²) >= 11 is 7.58. The van der Waals surface area contributed by atoms with Crippen molar-refractivity contribution >= 4 is 23.4 Å². The smallest absolute Gasteiger partial charge is 0.305 e. The third-order valence-electron chi connectivity index (χ3n) is 4.25. The highest BCUT2D eigenvalue weighted by molar-refractivity contribution is 7.98. The van der Waals surface area contributed by atoms with E-state index in [1.54, 1.807) is 10.6 Å². The van der Waals surface area contributed by atoms with Crippen molar-refractivity contribution in [3.8, 4) is 17.1 Å². The molecule has 0 spiro atoms. The Balaban J connectivity index is 1.53. The van der Waals surface area contributed by atoms with Crippen molar-refractivity contribution < 1.29 is 13.2 Å². The number of hydrogen-bond acceptors (Lipinski definition) is 6. The summed E-state index contributed by atoms with van der Waals surface area (Å²) in [5, 5.41) is 21.1. The number of benzene rings is 2. The van der Waals surface area contributed by atoms with Gasteiger partial charge in [-0.05, 0) is 46.8 Å². The number of tetrazole rings is 1. The van der Waals surface area contributed by atoms with E-state index in [9.17, 15) is 13.2 Å². The summed E-state index contributed by atoms with van der Waals surface area (Å²) in [7, 11) is 1.82. The molecule has 0 bridgehead atoms. The van der Waals surface area contributed by atoms with Gasteiger partial charge in [-0.1, -0.05) is 35.5 Å². The zero-order chi connectivity index (χ0) is 21.3. The summed E-state index contributed by atoms with van der Waals surface area (Å²) in [4.78, 5) is 0. The molecule has 0 radical (unpaired) electrons. The van der Waals surface area contributed by atoms with Crippen molar-refractivity contribution in [1.29, 1.82) is 0 Å². The monoisotopic (exact) mass is 451 g/mol. The van der Waals surface area contributed by atoms with Gasteiger partial charge in [0.2, 0.25) is 0 Å². The van der Waals surface area contributed by atoms with Crippen molar-refractivity contribution in [3.05, 3.63) is 64.9 Å². The van der Waals surface area contributed by atoms with Crippen LogP contribution in [0.15, 0.2) is 53.7 Å². The Labute approximate surface area is 177 Å². The van der Waals surface area contributed by atoms with Gasteiger partial charge in [0.15, 0.2) is 16.8 Å². The number of nitrogens with zero attached hydrogens (tertiary/aromatic N) is 7. The molecule has 0 amide bonds. The first-order chi connectivity index (χ1) is 14.3. The molecule has 7 nitrogen and oxygen atoms in total. The van der Waals surface area contributed by atoms with E-state index in [0.717, 1.165) is 17.7 Å². The molecule has 0 N–H and O–H groups in total. The molecule has 0 atom stereocenters. The summed E-state index contributed by atoms with van der Waals surface area (Å²) in [5.41, 5.74) is 0.454. The highest BCUT2D eigenvalue weighted by Crippen LogP contribution is 2.31. The Bertz CT molecular complexity index is 1170. The van der Waals surface area contributed by atoms with Crippen molar-refractivity contribution in [2.75, 3.05) is 0 Å². The van der Waals surface area contributed by atoms with E-state index in [1.165, 1.54) is 28.6 Å². The van der Waals surface area contributed by atoms with Gasteiger partial charge in [-0.15, -0.1) is 15.3 Å². The van der Waals surface area contributed by atoms with Crippen LogP contribution >= 0.6 is 23.4 Å². The van der Waals surface area contributed by atoms with Crippen LogP contribution in [0.2, 0.25) is 5.02 Å². The Morgan fingerprint density at radius 2 is 1.73 bits per heavy atom. The SMILES string of the molecule is Cn1c(SCc2nnnn2-c2ccc(C(F)(F)F)cc2)nnc1-c1ccccc1Cl. The fourth-order valence-electron chi connectivity index (χ4n) is 2.73. The number of thioether (sulfide) groups is 1. The second-order valence-electron chi connectivity index (χ2n) is 6.19. The average Bonchev–Trinajstić information content (AvgIpc) is 3.33. The molecule has 0 aliphatic rings. The molecule has 0 aliphatic carbocycles. The molecule has 154 valence electrons. The summed E-state index contributed by atoms with van der Waals surface area (Å²) in [6, 6.07) is 12.0. The topological polar surface area (TPSA) is 74.3 Å². The Morgan fingerprint density at radius 1 is 1.00 bits per heavy atom. The van der Waals surface area contributed by atoms with E-state index in [2.05, 4.69) is 25.7 Å². The van der Waals surface area contributed by atoms with Gasteiger partial charge in [0.05, 0.1) is 22.0 Å². The normalized spacial score (nSPS) is 11.8. The first-order valence-electron chi connectivity index (χ1n) is 8.56. The maximum absolute atomic E-state index is 12.8. The lowest BCUT2D eigenvalue weighted by Gasteiger charge is -2.08. The zero-order valence-electron chi connectivity index (χ0n) is 15.4. The number of alkyl halides is 3. The summed E-state index contributed by atoms with van der Waals surface area (Å²) in [6.07, 6.45) is -4.40. The zero-order valence-corrected chi connectivity index (χ0v) is 16.9. The Kier molecular flexibility index (Phi) is 5.48. The third-order valence-corrected chi connectivity index (χ3v) is 5.60. The van der Waals surface area contributed by atoms with Gasteiger partial charge in [-0.3, -0.25) is 0 Å². The van der Waals surface area contributed by atoms with Crippen LogP contribution in [0, 0.1) is 0 Å². The van der Waals surface area contributed by atoms with E-state index < -0.39 is 11.7 Å². The Morgan fingerprint density at radius 3 is 2.43 bits per heavy atom. The lowest BCUT2D eigenvalue weighted by atomic mass is 10.2. The predicted molar refractivity (Wildman–Crippen MR) is 105 cm³/mol. The highest BCUT2D eigenvalue weighted by Gasteiger charge is 2.30. The lowest BCUT2D eigenvalue weighted by Crippen LogP contribution is -2.06. The van der Waals surface area contributed by atoms with Crippen LogP contribution in [0.3, 0.4) is 0 Å². The summed E-state index contributed by atoms with van der Waals surface area (Å²) in [5.74, 6) is 1.41. The maximum Gasteiger partial charge on any atom is 0.416 e. The van der Waals surface area contributed by atoms with Crippen LogP contribution in [-0.2, 0) is 19.0 Å². The van der Waals surface area contributed by atoms with E-state index >= 15 is 0 Å². The van der Waals surface area contributed by atoms with E-state index in [1.807, 2.05) is 25.2 Å². The van der Waals surface area contributed by atoms with Gasteiger partial charge in [-0.2, -0.15) is 17.9 Å². The van der Waals surface area contributed by atoms with Crippen molar-refractivity contribution in [3.63, 3.8) is 0 Å². The van der Waals surface area contributed by atoms with Gasteiger partial charge in [-0.25, -0.2) is 0 Å². The molecular weight excluding hydrogens is 439 g/mol. The van der Waals surface area contributed by atoms with Crippen LogP contribution in [0.25, 0.3) is 17.1 Å². The maximum atomic E-state index is 12.8. The molecule has 0 fully saturated rings. The second kappa shape index (κ2) is 8.07. The molecule has 2 aromatic heterocycles. The predicted octanol–water partition coefficient (Wildman–Crippen LogP) is 4.42. The van der Waals surface area contributed by atoms with Crippen LogP contribution in [-0.4, -0.2) is 35.0 Å². The molecule has 0 saturated carbocycles. The molecule has 2 aromatic carbocycles. The van der Waals surface area contributed by atoms with Crippen LogP contribution in [0.1, 0.15) is 11.4 Å². The molecule has 4 rings (SSSR count). The van der Waals surface area contributed by atoms with Gasteiger partial charge in [0, 0.05) is 12.6 Å². The number of rotatable bonds is 5. The molecule has 30 heavy (non-hydrogen) atoms. The standard InChI is InChI=1S/C18H13ClF3N7S/c1-28-16(13-4-2-3-5-14(13)19)24-25-17(28)30-10-15-23-26-27-29(15)12-8-6-11(7-9-12)18(20,21)22/h2-9H,10H2,1H3. The van der Waals surface area contributed by atoms with Crippen molar-refractivity contribution in [2.45, 2.75) is 17.1 Å². The molecule has 12 heteroatoms. The number of halogens is 4. The quantitative estimate of drug-likeness (QED) is 0.418. The second-order valence-corrected chi connectivity index (χ2v) is 7.53. The minimum atomic E-state index is -4.40. The van der Waals surface area contributed by atoms with Crippen molar-refractivity contribution in [2.24, 2.45) is 7.05 Å². The largest absolute Gasteiger partial charge is 0.416 e. The Hall–Kier alpha value is -2.92. The molecular formula is C18H13ClF3N7S. The molecule has 0 aliphatic heterocycles. The van der Waals surface area contributed by atoms with Gasteiger partial charge >= 0.3 is 6.18 Å². The van der Waals surface area contributed by atoms with Gasteiger partial charge in [0.1, 0.15) is 0 Å². The fourth-order valence-corrected chi connectivity index (χ4v) is 3.77. The lowest BCUT2D eigenvalue weighted by molar-refractivity contribution is -0.137. The minimum absolute atomic E-state index is 0.336. The number of hydrogen-bond donors (Lipinski definition) is 0. The van der Waals surface area contributed by atoms with E-state index in [-0.39, 0.29) is 0 Å². The van der Waals surface area contributed by atoms with Gasteiger partial charge in [0.25, 0.3) is 0 Å². The summed E-state index contributed by atoms with van der Waals surface area (Å²) in [6.45, 7) is 0. The first kappa shape index (κ1) is 20.4. The summed E-state index contributed by atoms with van der Waals surface area (Å²) < 4.78 is 41.5. The van der Waals surface area contributed by atoms with Gasteiger partial charge < -0.3 is 4.57 Å². The first-order valence-corrected chi connectivity index (χ1v) is 9.93. The van der Waals surface area contributed by atoms with Crippen molar-refractivity contribution in [1.82, 2.24) is 35.0 Å². The van der Waals surface area contributed by atoms with Crippen LogP contribution < -0.4 is 0 Å². The number of aromatic nitrogens is 7. The molecule has 0 saturated heterocycles. The molecule has 2 heterocycles. The van der Waals surface area contributed by atoms with E-state index in [0.29, 0.717) is 33.3 Å². The van der Waals surface area contributed by atoms with E-state index in [4.69, 9.17) is 11.6 Å². The third kappa shape index (κ3) is 4.03. The fraction of sp³-hybridized carbons (Fsp3) is 0.167.